The molecule has 0 atom stereocenters. The van der Waals surface area contributed by atoms with Crippen LogP contribution < -0.4 is 0 Å². The van der Waals surface area contributed by atoms with E-state index in [4.69, 9.17) is 0 Å². The molecule has 0 aromatic carbocycles. The maximum absolute atomic E-state index is 1.67. The molecule has 0 heteroatoms. The van der Waals surface area contributed by atoms with E-state index in [1.807, 2.05) is 0 Å². The molecule has 110 valence electrons. The van der Waals surface area contributed by atoms with Gasteiger partial charge in [0, 0.05) is 0 Å². The third-order valence-electron chi connectivity index (χ3n) is 9.20. The molecule has 0 spiro atoms. The predicted octanol–water partition coefficient (Wildman–Crippen LogP) is 5.42. The first-order valence-corrected chi connectivity index (χ1v) is 9.72. The van der Waals surface area contributed by atoms with Crippen molar-refractivity contribution in [2.45, 2.75) is 77.0 Å². The monoisotopic (exact) mass is 270 g/mol. The second kappa shape index (κ2) is 3.49. The molecule has 0 radical (unpaired) electrons. The fourth-order valence-corrected chi connectivity index (χ4v) is 9.52. The lowest BCUT2D eigenvalue weighted by atomic mass is 9.35. The summed E-state index contributed by atoms with van der Waals surface area (Å²) in [6.45, 7) is 0. The Kier molecular flexibility index (Phi) is 2.02. The minimum absolute atomic E-state index is 0.859. The van der Waals surface area contributed by atoms with E-state index in [-0.39, 0.29) is 0 Å². The summed E-state index contributed by atoms with van der Waals surface area (Å²) >= 11 is 0. The van der Waals surface area contributed by atoms with Gasteiger partial charge in [-0.15, -0.1) is 0 Å². The van der Waals surface area contributed by atoms with Crippen molar-refractivity contribution in [3.63, 3.8) is 0 Å². The lowest BCUT2D eigenvalue weighted by Gasteiger charge is -2.70. The number of rotatable bonds is 1. The van der Waals surface area contributed by atoms with E-state index in [1.54, 1.807) is 77.0 Å². The molecule has 0 aromatic rings. The second-order valence-corrected chi connectivity index (χ2v) is 10.4. The molecule has 0 unspecified atom stereocenters. The van der Waals surface area contributed by atoms with Crippen molar-refractivity contribution in [1.82, 2.24) is 0 Å². The van der Waals surface area contributed by atoms with Crippen molar-refractivity contribution in [2.24, 2.45) is 46.3 Å². The van der Waals surface area contributed by atoms with E-state index in [0.29, 0.717) is 0 Å². The van der Waals surface area contributed by atoms with Crippen LogP contribution >= 0.6 is 0 Å². The molecule has 8 aliphatic carbocycles. The van der Waals surface area contributed by atoms with Gasteiger partial charge in [-0.25, -0.2) is 0 Å². The van der Waals surface area contributed by atoms with Gasteiger partial charge in [-0.2, -0.15) is 0 Å². The van der Waals surface area contributed by atoms with E-state index < -0.39 is 0 Å². The lowest BCUT2D eigenvalue weighted by molar-refractivity contribution is -0.199. The quantitative estimate of drug-likeness (QED) is 0.597. The average Bonchev–Trinajstić information content (AvgIpc) is 2.35. The van der Waals surface area contributed by atoms with Gasteiger partial charge in [-0.3, -0.25) is 0 Å². The highest BCUT2D eigenvalue weighted by Gasteiger charge is 2.64. The van der Waals surface area contributed by atoms with Crippen molar-refractivity contribution >= 4 is 0 Å². The zero-order chi connectivity index (χ0) is 12.9. The maximum atomic E-state index is 1.67. The molecule has 8 fully saturated rings. The molecule has 0 amide bonds. The van der Waals surface area contributed by atoms with E-state index in [1.165, 1.54) is 0 Å². The minimum atomic E-state index is 0.859. The zero-order valence-electron chi connectivity index (χ0n) is 12.9. The molecule has 0 N–H and O–H groups in total. The van der Waals surface area contributed by atoms with E-state index >= 15 is 0 Å². The Balaban J connectivity index is 1.44. The average molecular weight is 270 g/mol. The third-order valence-corrected chi connectivity index (χ3v) is 9.20. The summed E-state index contributed by atoms with van der Waals surface area (Å²) in [4.78, 5) is 0. The standard InChI is InChI=1S/C20H30/c1-13-2-15-3-14(1)8-19(7-13,9-15)20-10-16-4-17(11-20)6-18(5-16)12-20/h13-18H,1-12H2. The molecule has 0 aromatic heterocycles. The Morgan fingerprint density at radius 1 is 0.350 bits per heavy atom. The molecule has 8 saturated carbocycles. The largest absolute Gasteiger partial charge is 0.0475 e. The molecule has 8 rings (SSSR count). The molecular formula is C20H30. The highest BCUT2D eigenvalue weighted by molar-refractivity contribution is 5.14. The van der Waals surface area contributed by atoms with Crippen molar-refractivity contribution in [3.05, 3.63) is 0 Å². The second-order valence-electron chi connectivity index (χ2n) is 10.4. The van der Waals surface area contributed by atoms with Crippen molar-refractivity contribution < 1.29 is 0 Å². The van der Waals surface area contributed by atoms with Gasteiger partial charge in [0.15, 0.2) is 0 Å². The smallest absolute Gasteiger partial charge is 0.0233 e. The Morgan fingerprint density at radius 2 is 0.550 bits per heavy atom. The van der Waals surface area contributed by atoms with Crippen LogP contribution in [0.15, 0.2) is 0 Å². The summed E-state index contributed by atoms with van der Waals surface area (Å²) in [6, 6.07) is 0. The van der Waals surface area contributed by atoms with Gasteiger partial charge in [0.25, 0.3) is 0 Å². The fourth-order valence-electron chi connectivity index (χ4n) is 9.52. The normalized spacial score (nSPS) is 66.0. The number of hydrogen-bond acceptors (Lipinski definition) is 0. The summed E-state index contributed by atoms with van der Waals surface area (Å²) < 4.78 is 0. The van der Waals surface area contributed by atoms with Crippen LogP contribution in [0.4, 0.5) is 0 Å². The van der Waals surface area contributed by atoms with Gasteiger partial charge in [-0.1, -0.05) is 0 Å². The van der Waals surface area contributed by atoms with Gasteiger partial charge in [0.1, 0.15) is 0 Å². The van der Waals surface area contributed by atoms with Crippen LogP contribution in [0.1, 0.15) is 77.0 Å². The van der Waals surface area contributed by atoms with Crippen LogP contribution in [-0.2, 0) is 0 Å². The summed E-state index contributed by atoms with van der Waals surface area (Å²) in [7, 11) is 0. The molecule has 8 aliphatic rings. The van der Waals surface area contributed by atoms with Gasteiger partial charge in [0.2, 0.25) is 0 Å². The summed E-state index contributed by atoms with van der Waals surface area (Å²) in [5.74, 6) is 6.97. The first-order chi connectivity index (χ1) is 9.72. The van der Waals surface area contributed by atoms with Crippen LogP contribution in [0.5, 0.6) is 0 Å². The van der Waals surface area contributed by atoms with Gasteiger partial charge in [0.05, 0.1) is 0 Å². The molecule has 0 aliphatic heterocycles. The van der Waals surface area contributed by atoms with Gasteiger partial charge >= 0.3 is 0 Å². The van der Waals surface area contributed by atoms with Gasteiger partial charge in [-0.05, 0) is 123 Å². The molecular weight excluding hydrogens is 240 g/mol. The highest BCUT2D eigenvalue weighted by Crippen LogP contribution is 2.74. The fraction of sp³-hybridized carbons (Fsp3) is 1.00. The zero-order valence-corrected chi connectivity index (χ0v) is 12.9. The minimum Gasteiger partial charge on any atom is -0.0475 e. The predicted molar refractivity (Wildman–Crippen MR) is 81.2 cm³/mol. The van der Waals surface area contributed by atoms with E-state index in [0.717, 1.165) is 46.3 Å². The summed E-state index contributed by atoms with van der Waals surface area (Å²) in [5.41, 5.74) is 1.72. The Bertz CT molecular complexity index is 332. The van der Waals surface area contributed by atoms with E-state index in [2.05, 4.69) is 0 Å². The highest BCUT2D eigenvalue weighted by atomic mass is 14.7. The number of hydrogen-bond donors (Lipinski definition) is 0. The topological polar surface area (TPSA) is 0 Å². The Hall–Kier alpha value is 0. The van der Waals surface area contributed by atoms with Crippen molar-refractivity contribution in [1.29, 1.82) is 0 Å². The Morgan fingerprint density at radius 3 is 0.750 bits per heavy atom. The summed E-state index contributed by atoms with van der Waals surface area (Å²) in [5, 5.41) is 0. The SMILES string of the molecule is C1C2CC3CC1CC(C14CC5CC(CC(C5)C1)C4)(C2)C3. The van der Waals surface area contributed by atoms with Crippen LogP contribution in [-0.4, -0.2) is 0 Å². The van der Waals surface area contributed by atoms with Crippen molar-refractivity contribution in [3.8, 4) is 0 Å². The third kappa shape index (κ3) is 1.31. The molecule has 8 bridgehead atoms. The van der Waals surface area contributed by atoms with Crippen LogP contribution in [0.25, 0.3) is 0 Å². The van der Waals surface area contributed by atoms with E-state index in [9.17, 15) is 0 Å². The maximum Gasteiger partial charge on any atom is -0.0233 e. The molecule has 20 heavy (non-hydrogen) atoms. The van der Waals surface area contributed by atoms with Crippen LogP contribution in [0, 0.1) is 46.3 Å². The van der Waals surface area contributed by atoms with Gasteiger partial charge < -0.3 is 0 Å². The Labute approximate surface area is 124 Å². The van der Waals surface area contributed by atoms with Crippen molar-refractivity contribution in [2.75, 3.05) is 0 Å². The first kappa shape index (κ1) is 11.6. The molecule has 0 nitrogen and oxygen atoms in total. The van der Waals surface area contributed by atoms with Crippen LogP contribution in [0.3, 0.4) is 0 Å². The summed E-state index contributed by atoms with van der Waals surface area (Å²) in [6.07, 6.45) is 19.8. The first-order valence-electron chi connectivity index (χ1n) is 9.72. The van der Waals surface area contributed by atoms with Crippen LogP contribution in [0.2, 0.25) is 0 Å². The molecule has 0 saturated heterocycles. The molecule has 0 heterocycles. The lowest BCUT2D eigenvalue weighted by Crippen LogP contribution is -2.60.